The Morgan fingerprint density at radius 1 is 1.20 bits per heavy atom. The molecule has 0 spiro atoms. The number of methoxy groups -OCH3 is 1. The van der Waals surface area contributed by atoms with E-state index in [-0.39, 0.29) is 5.78 Å². The van der Waals surface area contributed by atoms with Crippen molar-refractivity contribution in [1.29, 1.82) is 0 Å². The topological polar surface area (TPSA) is 44.8 Å². The van der Waals surface area contributed by atoms with Gasteiger partial charge in [-0.3, -0.25) is 4.79 Å². The van der Waals surface area contributed by atoms with Crippen LogP contribution in [-0.4, -0.2) is 38.3 Å². The minimum atomic E-state index is -0.810. The average molecular weight is 280 g/mol. The molecule has 1 rings (SSSR count). The van der Waals surface area contributed by atoms with Crippen LogP contribution in [0.3, 0.4) is 0 Å². The second kappa shape index (κ2) is 8.02. The van der Waals surface area contributed by atoms with E-state index in [1.807, 2.05) is 32.9 Å². The highest BCUT2D eigenvalue weighted by molar-refractivity contribution is 6.04. The zero-order valence-corrected chi connectivity index (χ0v) is 12.8. The molecule has 0 aliphatic carbocycles. The third kappa shape index (κ3) is 4.05. The van der Waals surface area contributed by atoms with Gasteiger partial charge in [0.1, 0.15) is 18.0 Å². The smallest absolute Gasteiger partial charge is 0.198 e. The maximum Gasteiger partial charge on any atom is 0.198 e. The van der Waals surface area contributed by atoms with E-state index in [1.165, 1.54) is 0 Å². The van der Waals surface area contributed by atoms with Crippen molar-refractivity contribution in [2.45, 2.75) is 32.8 Å². The van der Waals surface area contributed by atoms with Crippen molar-refractivity contribution in [3.63, 3.8) is 0 Å². The van der Waals surface area contributed by atoms with E-state index < -0.39 is 5.60 Å². The number of para-hydroxylation sites is 1. The first kappa shape index (κ1) is 16.7. The number of rotatable bonds is 9. The second-order valence-corrected chi connectivity index (χ2v) is 4.68. The summed E-state index contributed by atoms with van der Waals surface area (Å²) in [5.41, 5.74) is -0.253. The normalized spacial score (nSPS) is 13.8. The molecular formula is C16H24O4. The number of benzene rings is 1. The van der Waals surface area contributed by atoms with Gasteiger partial charge in [0.2, 0.25) is 0 Å². The molecule has 0 radical (unpaired) electrons. The third-order valence-electron chi connectivity index (χ3n) is 3.29. The van der Waals surface area contributed by atoms with Gasteiger partial charge < -0.3 is 14.2 Å². The van der Waals surface area contributed by atoms with Crippen molar-refractivity contribution >= 4 is 5.78 Å². The Bertz CT molecular complexity index is 430. The SMILES string of the molecule is CCOC(C)(CC)C(=O)c1ccccc1OCCOC. The highest BCUT2D eigenvalue weighted by atomic mass is 16.5. The fourth-order valence-electron chi connectivity index (χ4n) is 1.95. The van der Waals surface area contributed by atoms with Crippen molar-refractivity contribution in [1.82, 2.24) is 0 Å². The number of Topliss-reactive ketones (excluding diaryl/α,β-unsaturated/α-hetero) is 1. The quantitative estimate of drug-likeness (QED) is 0.515. The van der Waals surface area contributed by atoms with E-state index in [2.05, 4.69) is 0 Å². The molecule has 0 bridgehead atoms. The molecule has 4 heteroatoms. The summed E-state index contributed by atoms with van der Waals surface area (Å²) in [5, 5.41) is 0. The van der Waals surface area contributed by atoms with Crippen molar-refractivity contribution in [2.24, 2.45) is 0 Å². The maximum absolute atomic E-state index is 12.7. The van der Waals surface area contributed by atoms with Crippen LogP contribution in [0.25, 0.3) is 0 Å². The first-order valence-corrected chi connectivity index (χ1v) is 6.98. The summed E-state index contributed by atoms with van der Waals surface area (Å²) >= 11 is 0. The number of ketones is 1. The zero-order valence-electron chi connectivity index (χ0n) is 12.8. The van der Waals surface area contributed by atoms with Crippen molar-refractivity contribution in [3.05, 3.63) is 29.8 Å². The number of carbonyl (C=O) groups excluding carboxylic acids is 1. The van der Waals surface area contributed by atoms with E-state index in [0.29, 0.717) is 37.6 Å². The van der Waals surface area contributed by atoms with Gasteiger partial charge in [-0.2, -0.15) is 0 Å². The van der Waals surface area contributed by atoms with E-state index >= 15 is 0 Å². The van der Waals surface area contributed by atoms with Crippen molar-refractivity contribution in [2.75, 3.05) is 26.9 Å². The average Bonchev–Trinajstić information content (AvgIpc) is 2.47. The van der Waals surface area contributed by atoms with Crippen LogP contribution in [0.1, 0.15) is 37.6 Å². The Morgan fingerprint density at radius 3 is 2.50 bits per heavy atom. The summed E-state index contributed by atoms with van der Waals surface area (Å²) in [4.78, 5) is 12.7. The van der Waals surface area contributed by atoms with Crippen molar-refractivity contribution in [3.8, 4) is 5.75 Å². The van der Waals surface area contributed by atoms with E-state index in [1.54, 1.807) is 19.2 Å². The molecule has 1 aromatic carbocycles. The molecule has 1 unspecified atom stereocenters. The second-order valence-electron chi connectivity index (χ2n) is 4.68. The molecule has 1 atom stereocenters. The van der Waals surface area contributed by atoms with Gasteiger partial charge in [-0.15, -0.1) is 0 Å². The van der Waals surface area contributed by atoms with E-state index in [0.717, 1.165) is 0 Å². The maximum atomic E-state index is 12.7. The Kier molecular flexibility index (Phi) is 6.68. The van der Waals surface area contributed by atoms with Crippen LogP contribution in [0.5, 0.6) is 5.75 Å². The lowest BCUT2D eigenvalue weighted by atomic mass is 9.91. The standard InChI is InChI=1S/C16H24O4/c1-5-16(3,20-6-2)15(17)13-9-7-8-10-14(13)19-12-11-18-4/h7-10H,5-6,11-12H2,1-4H3. The van der Waals surface area contributed by atoms with Gasteiger partial charge in [0.05, 0.1) is 12.2 Å². The highest BCUT2D eigenvalue weighted by Crippen LogP contribution is 2.27. The lowest BCUT2D eigenvalue weighted by Gasteiger charge is -2.27. The molecule has 0 N–H and O–H groups in total. The molecule has 0 saturated carbocycles. The largest absolute Gasteiger partial charge is 0.490 e. The summed E-state index contributed by atoms with van der Waals surface area (Å²) in [6.07, 6.45) is 0.617. The third-order valence-corrected chi connectivity index (χ3v) is 3.29. The lowest BCUT2D eigenvalue weighted by molar-refractivity contribution is -0.0118. The molecule has 1 aromatic rings. The molecule has 0 fully saturated rings. The molecule has 0 amide bonds. The monoisotopic (exact) mass is 280 g/mol. The van der Waals surface area contributed by atoms with Gasteiger partial charge in [-0.1, -0.05) is 19.1 Å². The van der Waals surface area contributed by atoms with Gasteiger partial charge in [-0.25, -0.2) is 0 Å². The number of hydrogen-bond acceptors (Lipinski definition) is 4. The molecule has 0 aliphatic heterocycles. The molecule has 112 valence electrons. The summed E-state index contributed by atoms with van der Waals surface area (Å²) in [7, 11) is 1.61. The summed E-state index contributed by atoms with van der Waals surface area (Å²) in [6.45, 7) is 7.06. The molecule has 4 nitrogen and oxygen atoms in total. The molecular weight excluding hydrogens is 256 g/mol. The predicted molar refractivity (Wildman–Crippen MR) is 78.5 cm³/mol. The Morgan fingerprint density at radius 2 is 1.90 bits per heavy atom. The molecule has 0 aromatic heterocycles. The Hall–Kier alpha value is -1.39. The molecule has 20 heavy (non-hydrogen) atoms. The fourth-order valence-corrected chi connectivity index (χ4v) is 1.95. The van der Waals surface area contributed by atoms with Crippen LogP contribution in [0.15, 0.2) is 24.3 Å². The van der Waals surface area contributed by atoms with E-state index in [4.69, 9.17) is 14.2 Å². The van der Waals surface area contributed by atoms with Crippen LogP contribution in [0.4, 0.5) is 0 Å². The summed E-state index contributed by atoms with van der Waals surface area (Å²) in [6, 6.07) is 7.25. The molecule has 0 saturated heterocycles. The van der Waals surface area contributed by atoms with Crippen LogP contribution in [0, 0.1) is 0 Å². The number of ether oxygens (including phenoxy) is 3. The minimum Gasteiger partial charge on any atom is -0.490 e. The van der Waals surface area contributed by atoms with Crippen molar-refractivity contribution < 1.29 is 19.0 Å². The Labute approximate surface area is 121 Å². The highest BCUT2D eigenvalue weighted by Gasteiger charge is 2.34. The van der Waals surface area contributed by atoms with Gasteiger partial charge in [-0.05, 0) is 32.4 Å². The van der Waals surface area contributed by atoms with Gasteiger partial charge in [0.15, 0.2) is 5.78 Å². The summed E-state index contributed by atoms with van der Waals surface area (Å²) in [5.74, 6) is 0.531. The zero-order chi connectivity index (χ0) is 15.0. The first-order valence-electron chi connectivity index (χ1n) is 6.98. The van der Waals surface area contributed by atoms with Gasteiger partial charge in [0, 0.05) is 13.7 Å². The van der Waals surface area contributed by atoms with Crippen LogP contribution in [-0.2, 0) is 9.47 Å². The molecule has 0 heterocycles. The molecule has 0 aliphatic rings. The van der Waals surface area contributed by atoms with Crippen LogP contribution >= 0.6 is 0 Å². The van der Waals surface area contributed by atoms with E-state index in [9.17, 15) is 4.79 Å². The van der Waals surface area contributed by atoms with Gasteiger partial charge in [0.25, 0.3) is 0 Å². The fraction of sp³-hybridized carbons (Fsp3) is 0.562. The first-order chi connectivity index (χ1) is 9.59. The summed E-state index contributed by atoms with van der Waals surface area (Å²) < 4.78 is 16.2. The lowest BCUT2D eigenvalue weighted by Crippen LogP contribution is -2.38. The number of hydrogen-bond donors (Lipinski definition) is 0. The Balaban J connectivity index is 2.96. The van der Waals surface area contributed by atoms with Gasteiger partial charge >= 0.3 is 0 Å². The van der Waals surface area contributed by atoms with Crippen LogP contribution < -0.4 is 4.74 Å². The van der Waals surface area contributed by atoms with Crippen LogP contribution in [0.2, 0.25) is 0 Å². The predicted octanol–water partition coefficient (Wildman–Crippen LogP) is 3.10. The minimum absolute atomic E-state index is 0.0464. The number of carbonyl (C=O) groups is 1.